The van der Waals surface area contributed by atoms with Crippen LogP contribution in [0.25, 0.3) is 0 Å². The highest BCUT2D eigenvalue weighted by Gasteiger charge is 2.57. The summed E-state index contributed by atoms with van der Waals surface area (Å²) < 4.78 is 7.39. The van der Waals surface area contributed by atoms with Crippen LogP contribution in [0, 0.1) is 17.8 Å². The number of ether oxygens (including phenoxy) is 1. The number of rotatable bonds is 5. The van der Waals surface area contributed by atoms with E-state index in [1.165, 1.54) is 0 Å². The number of carbonyl (C=O) groups is 1. The highest BCUT2D eigenvalue weighted by Crippen LogP contribution is 2.48. The molecule has 2 atom stereocenters. The molecule has 2 unspecified atom stereocenters. The van der Waals surface area contributed by atoms with Crippen molar-refractivity contribution in [3.63, 3.8) is 0 Å². The van der Waals surface area contributed by atoms with E-state index >= 15 is 0 Å². The second kappa shape index (κ2) is 4.77. The van der Waals surface area contributed by atoms with Crippen LogP contribution in [0.15, 0.2) is 12.3 Å². The van der Waals surface area contributed by atoms with Crippen molar-refractivity contribution in [1.29, 1.82) is 0 Å². The van der Waals surface area contributed by atoms with E-state index in [2.05, 4.69) is 15.7 Å². The average molecular weight is 278 g/mol. The molecule has 110 valence electrons. The van der Waals surface area contributed by atoms with Gasteiger partial charge in [-0.1, -0.05) is 0 Å². The van der Waals surface area contributed by atoms with Crippen molar-refractivity contribution < 1.29 is 9.53 Å². The van der Waals surface area contributed by atoms with Gasteiger partial charge in [-0.25, -0.2) is 4.68 Å². The van der Waals surface area contributed by atoms with Gasteiger partial charge < -0.3 is 15.4 Å². The molecule has 0 radical (unpaired) electrons. The topological polar surface area (TPSA) is 68.2 Å². The minimum Gasteiger partial charge on any atom is -0.475 e. The third-order valence-corrected chi connectivity index (χ3v) is 4.21. The van der Waals surface area contributed by atoms with Gasteiger partial charge in [0.2, 0.25) is 11.8 Å². The third kappa shape index (κ3) is 2.52. The zero-order valence-corrected chi connectivity index (χ0v) is 12.2. The van der Waals surface area contributed by atoms with Gasteiger partial charge in [-0.05, 0) is 38.8 Å². The Hall–Kier alpha value is -1.56. The van der Waals surface area contributed by atoms with E-state index in [1.54, 1.807) is 10.9 Å². The van der Waals surface area contributed by atoms with Gasteiger partial charge in [-0.2, -0.15) is 5.10 Å². The van der Waals surface area contributed by atoms with Crippen LogP contribution in [0.4, 0.5) is 0 Å². The van der Waals surface area contributed by atoms with Crippen molar-refractivity contribution in [3.05, 3.63) is 12.3 Å². The Morgan fingerprint density at radius 1 is 1.55 bits per heavy atom. The fourth-order valence-electron chi connectivity index (χ4n) is 3.02. The lowest BCUT2D eigenvalue weighted by Crippen LogP contribution is -2.49. The maximum atomic E-state index is 12.3. The summed E-state index contributed by atoms with van der Waals surface area (Å²) in [6, 6.07) is 1.81. The van der Waals surface area contributed by atoms with Crippen LogP contribution in [-0.2, 0) is 11.8 Å². The molecule has 3 rings (SSSR count). The van der Waals surface area contributed by atoms with E-state index in [1.807, 2.05) is 27.0 Å². The maximum absolute atomic E-state index is 12.3. The van der Waals surface area contributed by atoms with Crippen molar-refractivity contribution >= 4 is 5.91 Å². The number of amides is 1. The normalized spacial score (nSPS) is 28.1. The molecule has 1 saturated carbocycles. The number of carbonyl (C=O) groups excluding carboxylic acids is 1. The van der Waals surface area contributed by atoms with Crippen molar-refractivity contribution in [3.8, 4) is 5.88 Å². The van der Waals surface area contributed by atoms with Gasteiger partial charge in [0, 0.05) is 19.0 Å². The van der Waals surface area contributed by atoms with Crippen LogP contribution in [-0.4, -0.2) is 40.9 Å². The summed E-state index contributed by atoms with van der Waals surface area (Å²) in [6.07, 6.45) is 1.69. The summed E-state index contributed by atoms with van der Waals surface area (Å²) in [4.78, 5) is 12.3. The zero-order chi connectivity index (χ0) is 14.3. The summed E-state index contributed by atoms with van der Waals surface area (Å²) >= 11 is 0. The molecule has 6 nitrogen and oxygen atoms in total. The van der Waals surface area contributed by atoms with Crippen molar-refractivity contribution in [2.45, 2.75) is 19.4 Å². The smallest absolute Gasteiger partial charge is 0.224 e. The number of hydrogen-bond donors (Lipinski definition) is 2. The number of nitrogens with one attached hydrogen (secondary N) is 2. The Morgan fingerprint density at radius 2 is 2.25 bits per heavy atom. The lowest BCUT2D eigenvalue weighted by Gasteiger charge is -2.26. The second-order valence-electron chi connectivity index (χ2n) is 6.47. The molecule has 0 bridgehead atoms. The summed E-state index contributed by atoms with van der Waals surface area (Å²) in [5.74, 6) is 2.17. The van der Waals surface area contributed by atoms with Gasteiger partial charge in [0.15, 0.2) is 0 Å². The summed E-state index contributed by atoms with van der Waals surface area (Å²) in [5, 5.41) is 10.5. The van der Waals surface area contributed by atoms with Crippen molar-refractivity contribution in [2.75, 3.05) is 19.7 Å². The van der Waals surface area contributed by atoms with Gasteiger partial charge in [-0.3, -0.25) is 4.79 Å². The molecule has 1 aliphatic carbocycles. The fourth-order valence-corrected chi connectivity index (χ4v) is 3.02. The first-order valence-electron chi connectivity index (χ1n) is 7.11. The van der Waals surface area contributed by atoms with E-state index in [-0.39, 0.29) is 17.4 Å². The molecule has 20 heavy (non-hydrogen) atoms. The SMILES string of the molecule is Cn1nccc1OCC(C)(C)NC(=O)C1C2CNCC21. The van der Waals surface area contributed by atoms with E-state index in [9.17, 15) is 4.79 Å². The quantitative estimate of drug-likeness (QED) is 0.805. The Morgan fingerprint density at radius 3 is 2.85 bits per heavy atom. The lowest BCUT2D eigenvalue weighted by molar-refractivity contribution is -0.125. The standard InChI is InChI=1S/C14H22N4O2/c1-14(2,8-20-11-4-5-16-18(11)3)17-13(19)12-9-6-15-7-10(9)12/h4-5,9-10,12,15H,6-8H2,1-3H3,(H,17,19). The van der Waals surface area contributed by atoms with E-state index in [4.69, 9.17) is 4.74 Å². The first kappa shape index (κ1) is 13.4. The van der Waals surface area contributed by atoms with Crippen LogP contribution >= 0.6 is 0 Å². The maximum Gasteiger partial charge on any atom is 0.224 e. The molecule has 1 aromatic rings. The largest absolute Gasteiger partial charge is 0.475 e. The Labute approximate surface area is 118 Å². The Kier molecular flexibility index (Phi) is 3.20. The number of aromatic nitrogens is 2. The molecule has 2 aliphatic rings. The zero-order valence-electron chi connectivity index (χ0n) is 12.2. The van der Waals surface area contributed by atoms with Crippen molar-refractivity contribution in [1.82, 2.24) is 20.4 Å². The Balaban J connectivity index is 1.51. The van der Waals surface area contributed by atoms with Crippen LogP contribution in [0.2, 0.25) is 0 Å². The number of fused-ring (bicyclic) bond motifs is 1. The highest BCUT2D eigenvalue weighted by molar-refractivity contribution is 5.83. The highest BCUT2D eigenvalue weighted by atomic mass is 16.5. The summed E-state index contributed by atoms with van der Waals surface area (Å²) in [5.41, 5.74) is -0.383. The van der Waals surface area contributed by atoms with Gasteiger partial charge in [0.25, 0.3) is 0 Å². The van der Waals surface area contributed by atoms with Gasteiger partial charge in [0.05, 0.1) is 11.7 Å². The number of aryl methyl sites for hydroxylation is 1. The molecule has 6 heteroatoms. The minimum atomic E-state index is -0.383. The van der Waals surface area contributed by atoms with E-state index < -0.39 is 0 Å². The Bertz CT molecular complexity index is 501. The molecule has 0 spiro atoms. The van der Waals surface area contributed by atoms with Gasteiger partial charge in [0.1, 0.15) is 6.61 Å². The fraction of sp³-hybridized carbons (Fsp3) is 0.714. The van der Waals surface area contributed by atoms with Gasteiger partial charge in [-0.15, -0.1) is 0 Å². The molecule has 1 aromatic heterocycles. The molecule has 1 saturated heterocycles. The molecular weight excluding hydrogens is 256 g/mol. The van der Waals surface area contributed by atoms with E-state index in [0.29, 0.717) is 24.3 Å². The first-order chi connectivity index (χ1) is 9.48. The van der Waals surface area contributed by atoms with Crippen LogP contribution < -0.4 is 15.4 Å². The van der Waals surface area contributed by atoms with E-state index in [0.717, 1.165) is 13.1 Å². The van der Waals surface area contributed by atoms with Gasteiger partial charge >= 0.3 is 0 Å². The monoisotopic (exact) mass is 278 g/mol. The molecule has 1 aliphatic heterocycles. The molecule has 2 fully saturated rings. The first-order valence-corrected chi connectivity index (χ1v) is 7.11. The summed E-state index contributed by atoms with van der Waals surface area (Å²) in [7, 11) is 1.83. The third-order valence-electron chi connectivity index (χ3n) is 4.21. The molecular formula is C14H22N4O2. The number of nitrogens with zero attached hydrogens (tertiary/aromatic N) is 2. The average Bonchev–Trinajstić information content (AvgIpc) is 2.74. The molecule has 2 heterocycles. The minimum absolute atomic E-state index is 0.167. The molecule has 0 aromatic carbocycles. The van der Waals surface area contributed by atoms with Crippen molar-refractivity contribution in [2.24, 2.45) is 24.8 Å². The predicted octanol–water partition coefficient (Wildman–Crippen LogP) is 0.159. The lowest BCUT2D eigenvalue weighted by atomic mass is 10.1. The number of piperidine rings is 1. The predicted molar refractivity (Wildman–Crippen MR) is 74.3 cm³/mol. The van der Waals surface area contributed by atoms with Crippen LogP contribution in [0.1, 0.15) is 13.8 Å². The molecule has 1 amide bonds. The van der Waals surface area contributed by atoms with Crippen LogP contribution in [0.3, 0.4) is 0 Å². The number of hydrogen-bond acceptors (Lipinski definition) is 4. The summed E-state index contributed by atoms with van der Waals surface area (Å²) in [6.45, 7) is 6.36. The molecule has 2 N–H and O–H groups in total. The van der Waals surface area contributed by atoms with Crippen LogP contribution in [0.5, 0.6) is 5.88 Å². The second-order valence-corrected chi connectivity index (χ2v) is 6.47.